The molecule has 0 aliphatic rings. The topological polar surface area (TPSA) is 23.8 Å². The number of unbranched alkanes of at least 4 members (excludes halogenated alkanes) is 2. The molecule has 0 saturated heterocycles. The first-order valence-electron chi connectivity index (χ1n) is 6.16. The predicted molar refractivity (Wildman–Crippen MR) is 65.5 cm³/mol. The molecule has 0 aromatic carbocycles. The normalized spacial score (nSPS) is 9.20. The Morgan fingerprint density at radius 1 is 1.00 bits per heavy atom. The molecular formula is C14H23N. The molecule has 0 aromatic rings. The van der Waals surface area contributed by atoms with Crippen molar-refractivity contribution in [3.05, 3.63) is 16.9 Å². The van der Waals surface area contributed by atoms with Crippen LogP contribution in [0.25, 0.3) is 0 Å². The van der Waals surface area contributed by atoms with E-state index in [-0.39, 0.29) is 0 Å². The highest BCUT2D eigenvalue weighted by molar-refractivity contribution is 5.22. The molecule has 0 aliphatic heterocycles. The molecular weight excluding hydrogens is 182 g/mol. The highest BCUT2D eigenvalue weighted by atomic mass is 14.2. The first-order chi connectivity index (χ1) is 7.28. The average molecular weight is 205 g/mol. The highest BCUT2D eigenvalue weighted by Gasteiger charge is 1.97. The largest absolute Gasteiger partial charge is 0.192 e. The molecule has 0 bridgehead atoms. The van der Waals surface area contributed by atoms with Crippen molar-refractivity contribution in [1.82, 2.24) is 0 Å². The zero-order valence-corrected chi connectivity index (χ0v) is 10.4. The van der Waals surface area contributed by atoms with Crippen LogP contribution in [0.5, 0.6) is 0 Å². The number of hydrogen-bond acceptors (Lipinski definition) is 1. The number of nitriles is 1. The van der Waals surface area contributed by atoms with Crippen molar-refractivity contribution in [1.29, 1.82) is 5.26 Å². The monoisotopic (exact) mass is 205 g/mol. The summed E-state index contributed by atoms with van der Waals surface area (Å²) in [7, 11) is 0. The maximum Gasteiger partial charge on any atom is 0.103 e. The molecule has 1 nitrogen and oxygen atoms in total. The van der Waals surface area contributed by atoms with Crippen LogP contribution in [0.15, 0.2) is 16.9 Å². The average Bonchev–Trinajstić information content (AvgIpc) is 2.28. The molecule has 0 N–H and O–H groups in total. The third-order valence-corrected chi connectivity index (χ3v) is 2.48. The van der Waals surface area contributed by atoms with Crippen molar-refractivity contribution < 1.29 is 0 Å². The minimum Gasteiger partial charge on any atom is -0.192 e. The Bertz CT molecular complexity index is 252. The van der Waals surface area contributed by atoms with E-state index in [9.17, 15) is 0 Å². The van der Waals surface area contributed by atoms with Crippen LogP contribution in [0.2, 0.25) is 0 Å². The van der Waals surface area contributed by atoms with E-state index in [1.54, 1.807) is 0 Å². The van der Waals surface area contributed by atoms with Crippen LogP contribution in [-0.4, -0.2) is 0 Å². The summed E-state index contributed by atoms with van der Waals surface area (Å²) in [6, 6.07) is 2.22. The zero-order valence-electron chi connectivity index (χ0n) is 10.4. The van der Waals surface area contributed by atoms with E-state index in [0.29, 0.717) is 0 Å². The summed E-state index contributed by atoms with van der Waals surface area (Å²) in [5.74, 6) is 0. The lowest BCUT2D eigenvalue weighted by atomic mass is 10.0. The lowest BCUT2D eigenvalue weighted by Gasteiger charge is -2.02. The summed E-state index contributed by atoms with van der Waals surface area (Å²) in [5.41, 5.74) is 5.44. The SMILES string of the molecule is CCCCC(=C=C(C#N)CC)CCCC. The molecule has 0 aromatic heterocycles. The number of allylic oxidation sites excluding steroid dienone is 1. The standard InChI is InChI=1S/C14H23N/c1-4-7-9-14(10-8-5-2)11-13(6-3)12-15/h4-10H2,1-3H3. The Labute approximate surface area is 94.5 Å². The second-order valence-corrected chi connectivity index (χ2v) is 3.88. The van der Waals surface area contributed by atoms with E-state index in [1.165, 1.54) is 31.3 Å². The number of rotatable bonds is 7. The van der Waals surface area contributed by atoms with E-state index < -0.39 is 0 Å². The van der Waals surface area contributed by atoms with Crippen molar-refractivity contribution in [3.8, 4) is 6.07 Å². The first-order valence-corrected chi connectivity index (χ1v) is 6.16. The Morgan fingerprint density at radius 2 is 1.53 bits per heavy atom. The van der Waals surface area contributed by atoms with Crippen molar-refractivity contribution in [2.24, 2.45) is 0 Å². The smallest absolute Gasteiger partial charge is 0.103 e. The minimum atomic E-state index is 0.803. The van der Waals surface area contributed by atoms with Crippen molar-refractivity contribution in [2.75, 3.05) is 0 Å². The van der Waals surface area contributed by atoms with Gasteiger partial charge in [-0.2, -0.15) is 5.26 Å². The summed E-state index contributed by atoms with van der Waals surface area (Å²) in [6.07, 6.45) is 7.89. The molecule has 0 aliphatic carbocycles. The van der Waals surface area contributed by atoms with Gasteiger partial charge >= 0.3 is 0 Å². The predicted octanol–water partition coefficient (Wildman–Crippen LogP) is 4.75. The van der Waals surface area contributed by atoms with E-state index >= 15 is 0 Å². The molecule has 0 rings (SSSR count). The van der Waals surface area contributed by atoms with Gasteiger partial charge in [-0.15, -0.1) is 5.73 Å². The van der Waals surface area contributed by atoms with E-state index in [0.717, 1.165) is 24.8 Å². The van der Waals surface area contributed by atoms with E-state index in [1.807, 2.05) is 6.92 Å². The molecule has 0 unspecified atom stereocenters. The lowest BCUT2D eigenvalue weighted by Crippen LogP contribution is -1.85. The van der Waals surface area contributed by atoms with E-state index in [4.69, 9.17) is 5.26 Å². The van der Waals surface area contributed by atoms with Crippen LogP contribution in [0.4, 0.5) is 0 Å². The molecule has 84 valence electrons. The Kier molecular flexibility index (Phi) is 8.93. The van der Waals surface area contributed by atoms with Crippen molar-refractivity contribution in [2.45, 2.75) is 65.7 Å². The van der Waals surface area contributed by atoms with Crippen LogP contribution in [-0.2, 0) is 0 Å². The van der Waals surface area contributed by atoms with Gasteiger partial charge in [-0.3, -0.25) is 0 Å². The second-order valence-electron chi connectivity index (χ2n) is 3.88. The van der Waals surface area contributed by atoms with Gasteiger partial charge in [-0.25, -0.2) is 0 Å². The Balaban J connectivity index is 4.58. The summed E-state index contributed by atoms with van der Waals surface area (Å²) in [6.45, 7) is 6.42. The molecule has 0 heterocycles. The molecule has 0 radical (unpaired) electrons. The second kappa shape index (κ2) is 9.56. The lowest BCUT2D eigenvalue weighted by molar-refractivity contribution is 0.713. The molecule has 0 saturated carbocycles. The number of hydrogen-bond donors (Lipinski definition) is 0. The number of nitrogens with zero attached hydrogens (tertiary/aromatic N) is 1. The molecule has 15 heavy (non-hydrogen) atoms. The van der Waals surface area contributed by atoms with Crippen molar-refractivity contribution in [3.63, 3.8) is 0 Å². The van der Waals surface area contributed by atoms with Gasteiger partial charge in [-0.05, 0) is 37.7 Å². The maximum atomic E-state index is 8.86. The van der Waals surface area contributed by atoms with Gasteiger partial charge in [0.2, 0.25) is 0 Å². The van der Waals surface area contributed by atoms with Crippen LogP contribution < -0.4 is 0 Å². The highest BCUT2D eigenvalue weighted by Crippen LogP contribution is 2.15. The molecule has 0 amide bonds. The van der Waals surface area contributed by atoms with Crippen molar-refractivity contribution >= 4 is 0 Å². The van der Waals surface area contributed by atoms with Gasteiger partial charge < -0.3 is 0 Å². The fourth-order valence-electron chi connectivity index (χ4n) is 1.44. The molecule has 0 spiro atoms. The van der Waals surface area contributed by atoms with Crippen LogP contribution in [0.3, 0.4) is 0 Å². The van der Waals surface area contributed by atoms with Gasteiger partial charge in [-0.1, -0.05) is 33.6 Å². The Morgan fingerprint density at radius 3 is 1.87 bits per heavy atom. The Hall–Kier alpha value is -0.990. The van der Waals surface area contributed by atoms with Gasteiger partial charge in [0, 0.05) is 0 Å². The third-order valence-electron chi connectivity index (χ3n) is 2.48. The van der Waals surface area contributed by atoms with Crippen LogP contribution >= 0.6 is 0 Å². The van der Waals surface area contributed by atoms with Gasteiger partial charge in [0.25, 0.3) is 0 Å². The third kappa shape index (κ3) is 7.00. The van der Waals surface area contributed by atoms with Crippen LogP contribution in [0.1, 0.15) is 65.7 Å². The fraction of sp³-hybridized carbons (Fsp3) is 0.714. The fourth-order valence-corrected chi connectivity index (χ4v) is 1.44. The summed E-state index contributed by atoms with van der Waals surface area (Å²) >= 11 is 0. The van der Waals surface area contributed by atoms with Gasteiger partial charge in [0.05, 0.1) is 5.57 Å². The first kappa shape index (κ1) is 14.0. The minimum absolute atomic E-state index is 0.803. The molecule has 0 fully saturated rings. The zero-order chi connectivity index (χ0) is 11.5. The van der Waals surface area contributed by atoms with Crippen LogP contribution in [0, 0.1) is 11.3 Å². The molecule has 1 heteroatoms. The van der Waals surface area contributed by atoms with Gasteiger partial charge in [0.1, 0.15) is 6.07 Å². The maximum absolute atomic E-state index is 8.86. The summed E-state index contributed by atoms with van der Waals surface area (Å²) in [4.78, 5) is 0. The quantitative estimate of drug-likeness (QED) is 0.434. The summed E-state index contributed by atoms with van der Waals surface area (Å²) < 4.78 is 0. The van der Waals surface area contributed by atoms with E-state index in [2.05, 4.69) is 25.6 Å². The molecule has 0 atom stereocenters. The van der Waals surface area contributed by atoms with Gasteiger partial charge in [0.15, 0.2) is 0 Å². The summed E-state index contributed by atoms with van der Waals surface area (Å²) in [5, 5.41) is 8.86.